The van der Waals surface area contributed by atoms with Gasteiger partial charge < -0.3 is 9.64 Å². The molecule has 0 N–H and O–H groups in total. The Kier molecular flexibility index (Phi) is 5.56. The van der Waals surface area contributed by atoms with Gasteiger partial charge in [0.25, 0.3) is 0 Å². The van der Waals surface area contributed by atoms with Crippen LogP contribution in [0.2, 0.25) is 0 Å². The van der Waals surface area contributed by atoms with Crippen LogP contribution in [-0.2, 0) is 9.53 Å². The van der Waals surface area contributed by atoms with E-state index in [0.29, 0.717) is 18.3 Å². The third-order valence-corrected chi connectivity index (χ3v) is 3.74. The number of alkyl halides is 1. The highest BCUT2D eigenvalue weighted by Crippen LogP contribution is 2.24. The summed E-state index contributed by atoms with van der Waals surface area (Å²) in [5.74, 6) is 1.05. The normalized spacial score (nSPS) is 27.1. The van der Waals surface area contributed by atoms with Crippen LogP contribution in [0.25, 0.3) is 0 Å². The van der Waals surface area contributed by atoms with Gasteiger partial charge in [0.2, 0.25) is 5.91 Å². The molecular formula is C12H22ClNO2. The molecule has 3 nitrogen and oxygen atoms in total. The van der Waals surface area contributed by atoms with Gasteiger partial charge in [-0.2, -0.15) is 0 Å². The molecule has 0 aromatic carbocycles. The minimum Gasteiger partial charge on any atom is -0.381 e. The first-order valence-electron chi connectivity index (χ1n) is 6.10. The summed E-state index contributed by atoms with van der Waals surface area (Å²) in [5, 5.41) is -0.363. The van der Waals surface area contributed by atoms with Crippen molar-refractivity contribution in [3.63, 3.8) is 0 Å². The van der Waals surface area contributed by atoms with Crippen molar-refractivity contribution in [3.8, 4) is 0 Å². The van der Waals surface area contributed by atoms with Crippen molar-refractivity contribution >= 4 is 17.5 Å². The quantitative estimate of drug-likeness (QED) is 0.697. The second-order valence-corrected chi connectivity index (χ2v) is 5.04. The predicted molar refractivity (Wildman–Crippen MR) is 65.7 cm³/mol. The van der Waals surface area contributed by atoms with Gasteiger partial charge in [-0.3, -0.25) is 4.79 Å². The molecule has 1 heterocycles. The number of likely N-dealkylation sites (tertiary alicyclic amines) is 1. The third kappa shape index (κ3) is 3.36. The van der Waals surface area contributed by atoms with Crippen LogP contribution in [0.5, 0.6) is 0 Å². The number of amides is 1. The monoisotopic (exact) mass is 247 g/mol. The number of halogens is 1. The number of nitrogens with zero attached hydrogens (tertiary/aromatic N) is 1. The number of hydrogen-bond donors (Lipinski definition) is 0. The number of hydrogen-bond acceptors (Lipinski definition) is 2. The Bertz CT molecular complexity index is 235. The second-order valence-electron chi connectivity index (χ2n) is 4.52. The van der Waals surface area contributed by atoms with Crippen molar-refractivity contribution in [2.75, 3.05) is 26.3 Å². The van der Waals surface area contributed by atoms with Crippen molar-refractivity contribution in [2.24, 2.45) is 11.8 Å². The molecule has 0 bridgehead atoms. The molecule has 3 atom stereocenters. The maximum atomic E-state index is 11.9. The molecule has 4 heteroatoms. The van der Waals surface area contributed by atoms with Crippen molar-refractivity contribution in [3.05, 3.63) is 0 Å². The van der Waals surface area contributed by atoms with E-state index in [4.69, 9.17) is 16.3 Å². The van der Waals surface area contributed by atoms with Crippen LogP contribution < -0.4 is 0 Å². The molecule has 94 valence electrons. The second kappa shape index (κ2) is 6.45. The first-order chi connectivity index (χ1) is 7.60. The standard InChI is InChI=1S/C12H22ClNO2/c1-4-11(13)12(15)14-6-9(3)10(7-14)8-16-5-2/h9-11H,4-8H2,1-3H3/t9-,10+,11-/m1/s1. The molecule has 1 aliphatic rings. The van der Waals surface area contributed by atoms with E-state index in [1.165, 1.54) is 0 Å². The van der Waals surface area contributed by atoms with Gasteiger partial charge in [-0.25, -0.2) is 0 Å². The zero-order valence-corrected chi connectivity index (χ0v) is 11.2. The average Bonchev–Trinajstić information content (AvgIpc) is 2.66. The summed E-state index contributed by atoms with van der Waals surface area (Å²) in [6.45, 7) is 9.21. The Labute approximate surface area is 103 Å². The smallest absolute Gasteiger partial charge is 0.240 e. The topological polar surface area (TPSA) is 29.5 Å². The van der Waals surface area contributed by atoms with Crippen molar-refractivity contribution in [2.45, 2.75) is 32.6 Å². The number of carbonyl (C=O) groups excluding carboxylic acids is 1. The van der Waals surface area contributed by atoms with E-state index in [9.17, 15) is 4.79 Å². The molecule has 1 aliphatic heterocycles. The van der Waals surface area contributed by atoms with E-state index < -0.39 is 0 Å². The van der Waals surface area contributed by atoms with Gasteiger partial charge in [0.05, 0.1) is 6.61 Å². The summed E-state index contributed by atoms with van der Waals surface area (Å²) in [6.07, 6.45) is 0.696. The molecule has 0 spiro atoms. The number of rotatable bonds is 5. The molecule has 1 fully saturated rings. The van der Waals surface area contributed by atoms with Crippen LogP contribution in [0, 0.1) is 11.8 Å². The summed E-state index contributed by atoms with van der Waals surface area (Å²) in [5.41, 5.74) is 0. The Morgan fingerprint density at radius 1 is 1.50 bits per heavy atom. The van der Waals surface area contributed by atoms with Gasteiger partial charge in [-0.1, -0.05) is 13.8 Å². The maximum Gasteiger partial charge on any atom is 0.240 e. The summed E-state index contributed by atoms with van der Waals surface area (Å²) < 4.78 is 5.43. The van der Waals surface area contributed by atoms with Gasteiger partial charge in [0, 0.05) is 25.6 Å². The summed E-state index contributed by atoms with van der Waals surface area (Å²) >= 11 is 5.97. The molecule has 0 saturated carbocycles. The highest BCUT2D eigenvalue weighted by Gasteiger charge is 2.34. The molecule has 0 unspecified atom stereocenters. The zero-order valence-electron chi connectivity index (χ0n) is 10.4. The SMILES string of the molecule is CCOC[C@@H]1CN(C(=O)[C@H](Cl)CC)C[C@H]1C. The maximum absolute atomic E-state index is 11.9. The Morgan fingerprint density at radius 2 is 2.19 bits per heavy atom. The van der Waals surface area contributed by atoms with Crippen LogP contribution in [0.1, 0.15) is 27.2 Å². The van der Waals surface area contributed by atoms with Crippen LogP contribution in [0.3, 0.4) is 0 Å². The first kappa shape index (κ1) is 13.8. The van der Waals surface area contributed by atoms with Crippen LogP contribution in [-0.4, -0.2) is 42.5 Å². The number of carbonyl (C=O) groups is 1. The minimum absolute atomic E-state index is 0.0787. The Hall–Kier alpha value is -0.280. The molecule has 0 aromatic rings. The van der Waals surface area contributed by atoms with Gasteiger partial charge >= 0.3 is 0 Å². The van der Waals surface area contributed by atoms with Crippen LogP contribution in [0.15, 0.2) is 0 Å². The zero-order chi connectivity index (χ0) is 12.1. The molecule has 16 heavy (non-hydrogen) atoms. The highest BCUT2D eigenvalue weighted by molar-refractivity contribution is 6.30. The predicted octanol–water partition coefficient (Wildman–Crippen LogP) is 2.13. The molecule has 0 radical (unpaired) electrons. The number of ether oxygens (including phenoxy) is 1. The first-order valence-corrected chi connectivity index (χ1v) is 6.54. The Morgan fingerprint density at radius 3 is 2.75 bits per heavy atom. The van der Waals surface area contributed by atoms with E-state index in [1.807, 2.05) is 18.7 Å². The van der Waals surface area contributed by atoms with Crippen LogP contribution in [0.4, 0.5) is 0 Å². The fraction of sp³-hybridized carbons (Fsp3) is 0.917. The molecule has 1 rings (SSSR count). The van der Waals surface area contributed by atoms with Crippen molar-refractivity contribution < 1.29 is 9.53 Å². The van der Waals surface area contributed by atoms with Gasteiger partial charge in [-0.15, -0.1) is 11.6 Å². The van der Waals surface area contributed by atoms with E-state index in [-0.39, 0.29) is 11.3 Å². The lowest BCUT2D eigenvalue weighted by Crippen LogP contribution is -2.35. The Balaban J connectivity index is 2.45. The van der Waals surface area contributed by atoms with Crippen molar-refractivity contribution in [1.29, 1.82) is 0 Å². The lowest BCUT2D eigenvalue weighted by Gasteiger charge is -2.18. The lowest BCUT2D eigenvalue weighted by molar-refractivity contribution is -0.130. The largest absolute Gasteiger partial charge is 0.381 e. The highest BCUT2D eigenvalue weighted by atomic mass is 35.5. The van der Waals surface area contributed by atoms with E-state index in [1.54, 1.807) is 0 Å². The fourth-order valence-electron chi connectivity index (χ4n) is 2.07. The lowest BCUT2D eigenvalue weighted by atomic mass is 9.99. The fourth-order valence-corrected chi connectivity index (χ4v) is 2.21. The van der Waals surface area contributed by atoms with Crippen LogP contribution >= 0.6 is 11.6 Å². The van der Waals surface area contributed by atoms with E-state index in [0.717, 1.165) is 26.3 Å². The minimum atomic E-state index is -0.363. The van der Waals surface area contributed by atoms with Gasteiger partial charge in [-0.05, 0) is 19.3 Å². The van der Waals surface area contributed by atoms with E-state index in [2.05, 4.69) is 6.92 Å². The van der Waals surface area contributed by atoms with Crippen molar-refractivity contribution in [1.82, 2.24) is 4.90 Å². The summed E-state index contributed by atoms with van der Waals surface area (Å²) in [6, 6.07) is 0. The molecular weight excluding hydrogens is 226 g/mol. The summed E-state index contributed by atoms with van der Waals surface area (Å²) in [7, 11) is 0. The molecule has 0 aliphatic carbocycles. The average molecular weight is 248 g/mol. The third-order valence-electron chi connectivity index (χ3n) is 3.24. The molecule has 0 aromatic heterocycles. The molecule has 1 amide bonds. The van der Waals surface area contributed by atoms with E-state index >= 15 is 0 Å². The molecule has 1 saturated heterocycles. The van der Waals surface area contributed by atoms with Gasteiger partial charge in [0.15, 0.2) is 0 Å². The van der Waals surface area contributed by atoms with Gasteiger partial charge in [0.1, 0.15) is 5.38 Å². The summed E-state index contributed by atoms with van der Waals surface area (Å²) in [4.78, 5) is 13.8.